The van der Waals surface area contributed by atoms with Crippen LogP contribution in [0.1, 0.15) is 12.0 Å². The van der Waals surface area contributed by atoms with Crippen LogP contribution in [0.5, 0.6) is 0 Å². The fraction of sp³-hybridized carbons (Fsp3) is 0.263. The molecule has 7 heteroatoms. The average molecular weight is 408 g/mol. The lowest BCUT2D eigenvalue weighted by Crippen LogP contribution is -2.05. The van der Waals surface area contributed by atoms with Gasteiger partial charge in [0.15, 0.2) is 11.0 Å². The molecular weight excluding hydrogens is 392 g/mol. The first-order valence-corrected chi connectivity index (χ1v) is 10.0. The number of thioether (sulfide) groups is 1. The van der Waals surface area contributed by atoms with Crippen LogP contribution in [-0.4, -0.2) is 24.9 Å². The summed E-state index contributed by atoms with van der Waals surface area (Å²) in [5.74, 6) is 1.51. The molecule has 1 saturated carbocycles. The Kier molecular flexibility index (Phi) is 4.95. The van der Waals surface area contributed by atoms with Crippen LogP contribution < -0.4 is 0 Å². The van der Waals surface area contributed by atoms with Gasteiger partial charge in [0.25, 0.3) is 0 Å². The molecule has 0 bridgehead atoms. The van der Waals surface area contributed by atoms with E-state index in [4.69, 9.17) is 23.2 Å². The highest BCUT2D eigenvalue weighted by molar-refractivity contribution is 7.99. The normalized spacial score (nSPS) is 18.0. The van der Waals surface area contributed by atoms with Gasteiger partial charge in [-0.05, 0) is 36.2 Å². The molecule has 1 fully saturated rings. The zero-order chi connectivity index (χ0) is 18.1. The number of hydrogen-bond donors (Lipinski definition) is 0. The highest BCUT2D eigenvalue weighted by atomic mass is 35.5. The van der Waals surface area contributed by atoms with Gasteiger partial charge in [-0.1, -0.05) is 42.1 Å². The molecule has 0 saturated heterocycles. The van der Waals surface area contributed by atoms with Crippen LogP contribution in [-0.2, 0) is 6.54 Å². The summed E-state index contributed by atoms with van der Waals surface area (Å²) in [4.78, 5) is 0. The Labute approximate surface area is 165 Å². The number of benzene rings is 2. The second-order valence-corrected chi connectivity index (χ2v) is 8.89. The SMILES string of the molecule is Fc1ccc(-c2nnc(SCC3CC3(Cl)Cl)n2Cc2ccccc2)cc1. The molecule has 134 valence electrons. The summed E-state index contributed by atoms with van der Waals surface area (Å²) in [6.07, 6.45) is 0.806. The Morgan fingerprint density at radius 2 is 1.77 bits per heavy atom. The van der Waals surface area contributed by atoms with E-state index in [0.29, 0.717) is 6.54 Å². The number of aromatic nitrogens is 3. The van der Waals surface area contributed by atoms with Gasteiger partial charge in [-0.3, -0.25) is 4.57 Å². The van der Waals surface area contributed by atoms with Crippen LogP contribution in [0.25, 0.3) is 11.4 Å². The first-order valence-electron chi connectivity index (χ1n) is 8.26. The number of alkyl halides is 2. The van der Waals surface area contributed by atoms with Crippen molar-refractivity contribution in [3.8, 4) is 11.4 Å². The van der Waals surface area contributed by atoms with E-state index in [1.54, 1.807) is 23.9 Å². The van der Waals surface area contributed by atoms with Crippen LogP contribution in [0.3, 0.4) is 0 Å². The van der Waals surface area contributed by atoms with Crippen molar-refractivity contribution in [2.75, 3.05) is 5.75 Å². The summed E-state index contributed by atoms with van der Waals surface area (Å²) in [5, 5.41) is 9.51. The molecule has 1 aromatic heterocycles. The monoisotopic (exact) mass is 407 g/mol. The third-order valence-corrected chi connectivity index (χ3v) is 6.43. The minimum Gasteiger partial charge on any atom is -0.298 e. The molecule has 0 aliphatic heterocycles. The van der Waals surface area contributed by atoms with Crippen LogP contribution in [0.15, 0.2) is 59.8 Å². The minimum atomic E-state index is -0.600. The standard InChI is InChI=1S/C19H16Cl2FN3S/c20-19(21)10-15(19)12-26-18-24-23-17(14-6-8-16(22)9-7-14)25(18)11-13-4-2-1-3-5-13/h1-9,15H,10-12H2. The summed E-state index contributed by atoms with van der Waals surface area (Å²) in [6, 6.07) is 16.4. The van der Waals surface area contributed by atoms with Gasteiger partial charge in [0.2, 0.25) is 0 Å². The van der Waals surface area contributed by atoms with Crippen molar-refractivity contribution in [3.05, 3.63) is 66.0 Å². The Balaban J connectivity index is 1.63. The highest BCUT2D eigenvalue weighted by Gasteiger charge is 2.51. The number of nitrogens with zero attached hydrogens (tertiary/aromatic N) is 3. The smallest absolute Gasteiger partial charge is 0.191 e. The molecule has 1 heterocycles. The fourth-order valence-electron chi connectivity index (χ4n) is 2.74. The van der Waals surface area contributed by atoms with E-state index >= 15 is 0 Å². The molecule has 1 aliphatic rings. The van der Waals surface area contributed by atoms with Crippen molar-refractivity contribution in [2.24, 2.45) is 5.92 Å². The summed E-state index contributed by atoms with van der Waals surface area (Å²) < 4.78 is 14.7. The quantitative estimate of drug-likeness (QED) is 0.403. The molecule has 3 aromatic rings. The van der Waals surface area contributed by atoms with Gasteiger partial charge in [-0.15, -0.1) is 33.4 Å². The first-order chi connectivity index (χ1) is 12.5. The van der Waals surface area contributed by atoms with Crippen molar-refractivity contribution < 1.29 is 4.39 Å². The predicted octanol–water partition coefficient (Wildman–Crippen LogP) is 5.42. The largest absolute Gasteiger partial charge is 0.298 e. The maximum atomic E-state index is 13.3. The number of rotatable bonds is 6. The molecule has 1 atom stereocenters. The minimum absolute atomic E-state index is 0.270. The van der Waals surface area contributed by atoms with Crippen molar-refractivity contribution in [3.63, 3.8) is 0 Å². The molecular formula is C19H16Cl2FN3S. The maximum absolute atomic E-state index is 13.3. The summed E-state index contributed by atoms with van der Waals surface area (Å²) >= 11 is 13.9. The van der Waals surface area contributed by atoms with Crippen LogP contribution in [0, 0.1) is 11.7 Å². The van der Waals surface area contributed by atoms with Gasteiger partial charge in [0.1, 0.15) is 10.2 Å². The molecule has 0 N–H and O–H groups in total. The van der Waals surface area contributed by atoms with Gasteiger partial charge in [0.05, 0.1) is 6.54 Å². The van der Waals surface area contributed by atoms with E-state index in [-0.39, 0.29) is 11.7 Å². The average Bonchev–Trinajstić information content (AvgIpc) is 3.06. The molecule has 2 aromatic carbocycles. The molecule has 1 unspecified atom stereocenters. The highest BCUT2D eigenvalue weighted by Crippen LogP contribution is 2.54. The number of halogens is 3. The second-order valence-electron chi connectivity index (χ2n) is 6.36. The zero-order valence-electron chi connectivity index (χ0n) is 13.8. The van der Waals surface area contributed by atoms with E-state index in [1.807, 2.05) is 18.2 Å². The molecule has 0 spiro atoms. The van der Waals surface area contributed by atoms with Crippen molar-refractivity contribution in [2.45, 2.75) is 22.5 Å². The van der Waals surface area contributed by atoms with Gasteiger partial charge >= 0.3 is 0 Å². The Bertz CT molecular complexity index is 897. The topological polar surface area (TPSA) is 30.7 Å². The van der Waals surface area contributed by atoms with Crippen molar-refractivity contribution in [1.29, 1.82) is 0 Å². The van der Waals surface area contributed by atoms with E-state index < -0.39 is 4.33 Å². The summed E-state index contributed by atoms with van der Waals surface area (Å²) in [7, 11) is 0. The third kappa shape index (κ3) is 3.90. The molecule has 3 nitrogen and oxygen atoms in total. The molecule has 0 radical (unpaired) electrons. The van der Waals surface area contributed by atoms with Crippen LogP contribution in [0.4, 0.5) is 4.39 Å². The lowest BCUT2D eigenvalue weighted by Gasteiger charge is -2.10. The van der Waals surface area contributed by atoms with Gasteiger partial charge in [0, 0.05) is 17.2 Å². The van der Waals surface area contributed by atoms with Crippen molar-refractivity contribution in [1.82, 2.24) is 14.8 Å². The molecule has 1 aliphatic carbocycles. The Morgan fingerprint density at radius 3 is 2.42 bits per heavy atom. The van der Waals surface area contributed by atoms with Gasteiger partial charge < -0.3 is 0 Å². The van der Waals surface area contributed by atoms with Gasteiger partial charge in [-0.25, -0.2) is 4.39 Å². The summed E-state index contributed by atoms with van der Waals surface area (Å²) in [5.41, 5.74) is 1.98. The second kappa shape index (κ2) is 7.22. The third-order valence-electron chi connectivity index (χ3n) is 4.37. The van der Waals surface area contributed by atoms with Crippen LogP contribution in [0.2, 0.25) is 0 Å². The summed E-state index contributed by atoms with van der Waals surface area (Å²) in [6.45, 7) is 0.639. The fourth-order valence-corrected chi connectivity index (χ4v) is 4.61. The van der Waals surface area contributed by atoms with E-state index in [9.17, 15) is 4.39 Å². The predicted molar refractivity (Wildman–Crippen MR) is 104 cm³/mol. The van der Waals surface area contributed by atoms with E-state index in [1.165, 1.54) is 12.1 Å². The zero-order valence-corrected chi connectivity index (χ0v) is 16.1. The Hall–Kier alpha value is -1.56. The van der Waals surface area contributed by atoms with E-state index in [2.05, 4.69) is 26.9 Å². The molecule has 0 amide bonds. The molecule has 26 heavy (non-hydrogen) atoms. The molecule has 4 rings (SSSR count). The lowest BCUT2D eigenvalue weighted by atomic mass is 10.2. The maximum Gasteiger partial charge on any atom is 0.191 e. The van der Waals surface area contributed by atoms with Gasteiger partial charge in [-0.2, -0.15) is 0 Å². The van der Waals surface area contributed by atoms with Crippen LogP contribution >= 0.6 is 35.0 Å². The van der Waals surface area contributed by atoms with E-state index in [0.717, 1.165) is 34.3 Å². The number of hydrogen-bond acceptors (Lipinski definition) is 3. The lowest BCUT2D eigenvalue weighted by molar-refractivity contribution is 0.628. The van der Waals surface area contributed by atoms with Crippen molar-refractivity contribution >= 4 is 35.0 Å². The first kappa shape index (κ1) is 17.8. The Morgan fingerprint density at radius 1 is 1.08 bits per heavy atom.